The molecule has 1 aliphatic rings. The van der Waals surface area contributed by atoms with Crippen LogP contribution in [0.5, 0.6) is 0 Å². The van der Waals surface area contributed by atoms with Gasteiger partial charge in [0, 0.05) is 17.6 Å². The summed E-state index contributed by atoms with van der Waals surface area (Å²) < 4.78 is 0. The van der Waals surface area contributed by atoms with Crippen molar-refractivity contribution in [3.05, 3.63) is 23.9 Å². The first-order valence-corrected chi connectivity index (χ1v) is 6.19. The van der Waals surface area contributed by atoms with Crippen LogP contribution in [0.3, 0.4) is 0 Å². The van der Waals surface area contributed by atoms with Crippen molar-refractivity contribution >= 4 is 22.5 Å². The third-order valence-corrected chi connectivity index (χ3v) is 3.47. The second kappa shape index (κ2) is 4.42. The van der Waals surface area contributed by atoms with Crippen LogP contribution in [0.2, 0.25) is 0 Å². The second-order valence-electron chi connectivity index (χ2n) is 4.80. The molecule has 3 N–H and O–H groups in total. The molecule has 5 nitrogen and oxygen atoms in total. The van der Waals surface area contributed by atoms with E-state index in [1.165, 1.54) is 0 Å². The molecule has 1 fully saturated rings. The maximum absolute atomic E-state index is 12.1. The summed E-state index contributed by atoms with van der Waals surface area (Å²) in [6, 6.07) is 3.97. The molecule has 0 aliphatic carbocycles. The smallest absolute Gasteiger partial charge is 0.228 e. The lowest BCUT2D eigenvalue weighted by Crippen LogP contribution is -2.24. The lowest BCUT2D eigenvalue weighted by Gasteiger charge is -2.12. The Morgan fingerprint density at radius 1 is 1.50 bits per heavy atom. The summed E-state index contributed by atoms with van der Waals surface area (Å²) in [7, 11) is 0. The number of aryl methyl sites for hydroxylation is 1. The number of H-pyrrole nitrogens is 1. The average molecular weight is 244 g/mol. The Kier molecular flexibility index (Phi) is 2.76. The molecule has 1 saturated heterocycles. The van der Waals surface area contributed by atoms with Gasteiger partial charge >= 0.3 is 0 Å². The zero-order chi connectivity index (χ0) is 12.5. The fourth-order valence-corrected chi connectivity index (χ4v) is 2.35. The van der Waals surface area contributed by atoms with E-state index >= 15 is 0 Å². The minimum Gasteiger partial charge on any atom is -0.325 e. The quantitative estimate of drug-likeness (QED) is 0.748. The summed E-state index contributed by atoms with van der Waals surface area (Å²) >= 11 is 0. The number of benzene rings is 1. The Bertz CT molecular complexity index is 584. The largest absolute Gasteiger partial charge is 0.325 e. The van der Waals surface area contributed by atoms with Crippen LogP contribution in [0.1, 0.15) is 12.0 Å². The Morgan fingerprint density at radius 3 is 3.17 bits per heavy atom. The molecule has 1 aromatic heterocycles. The number of fused-ring (bicyclic) bond motifs is 1. The molecule has 3 rings (SSSR count). The van der Waals surface area contributed by atoms with Crippen LogP contribution < -0.4 is 10.6 Å². The van der Waals surface area contributed by atoms with Gasteiger partial charge in [-0.2, -0.15) is 5.10 Å². The minimum absolute atomic E-state index is 0.0851. The molecular weight excluding hydrogens is 228 g/mol. The fourth-order valence-electron chi connectivity index (χ4n) is 2.35. The Hall–Kier alpha value is -1.88. The summed E-state index contributed by atoms with van der Waals surface area (Å²) in [6.45, 7) is 3.70. The monoisotopic (exact) mass is 244 g/mol. The van der Waals surface area contributed by atoms with Crippen LogP contribution in [0.15, 0.2) is 18.3 Å². The first-order valence-electron chi connectivity index (χ1n) is 6.19. The Labute approximate surface area is 105 Å². The third kappa shape index (κ3) is 1.97. The number of nitrogens with one attached hydrogen (secondary N) is 3. The van der Waals surface area contributed by atoms with Gasteiger partial charge in [-0.3, -0.25) is 9.89 Å². The highest BCUT2D eigenvalue weighted by atomic mass is 16.1. The van der Waals surface area contributed by atoms with Gasteiger partial charge < -0.3 is 10.6 Å². The number of rotatable bonds is 2. The van der Waals surface area contributed by atoms with Crippen molar-refractivity contribution in [3.8, 4) is 0 Å². The topological polar surface area (TPSA) is 69.8 Å². The molecule has 94 valence electrons. The van der Waals surface area contributed by atoms with Crippen molar-refractivity contribution in [2.75, 3.05) is 18.4 Å². The molecule has 1 amide bonds. The molecule has 1 aliphatic heterocycles. The molecule has 0 radical (unpaired) electrons. The Balaban J connectivity index is 1.84. The maximum Gasteiger partial charge on any atom is 0.228 e. The highest BCUT2D eigenvalue weighted by Crippen LogP contribution is 2.23. The predicted octanol–water partition coefficient (Wildman–Crippen LogP) is 1.42. The Morgan fingerprint density at radius 2 is 2.39 bits per heavy atom. The number of anilines is 1. The van der Waals surface area contributed by atoms with E-state index in [0.29, 0.717) is 0 Å². The number of hydrogen-bond acceptors (Lipinski definition) is 3. The minimum atomic E-state index is 0.0851. The summed E-state index contributed by atoms with van der Waals surface area (Å²) in [4.78, 5) is 12.1. The lowest BCUT2D eigenvalue weighted by molar-refractivity contribution is -0.119. The summed E-state index contributed by atoms with van der Waals surface area (Å²) in [5.74, 6) is 0.184. The zero-order valence-electron chi connectivity index (χ0n) is 10.3. The number of aromatic amines is 1. The molecule has 1 atom stereocenters. The maximum atomic E-state index is 12.1. The zero-order valence-corrected chi connectivity index (χ0v) is 10.3. The van der Waals surface area contributed by atoms with E-state index in [-0.39, 0.29) is 11.8 Å². The number of amides is 1. The predicted molar refractivity (Wildman–Crippen MR) is 70.4 cm³/mol. The summed E-state index contributed by atoms with van der Waals surface area (Å²) in [5.41, 5.74) is 2.87. The first-order chi connectivity index (χ1) is 8.74. The van der Waals surface area contributed by atoms with E-state index in [0.717, 1.165) is 41.7 Å². The molecule has 0 bridgehead atoms. The molecule has 0 saturated carbocycles. The highest BCUT2D eigenvalue weighted by molar-refractivity contribution is 5.96. The van der Waals surface area contributed by atoms with Crippen LogP contribution in [0.25, 0.3) is 10.9 Å². The SMILES string of the molecule is Cc1cc2cn[nH]c2cc1NC(=O)C1CCNC1. The van der Waals surface area contributed by atoms with Gasteiger partial charge in [-0.25, -0.2) is 0 Å². The summed E-state index contributed by atoms with van der Waals surface area (Å²) in [5, 5.41) is 14.2. The second-order valence-corrected chi connectivity index (χ2v) is 4.80. The number of hydrogen-bond donors (Lipinski definition) is 3. The third-order valence-electron chi connectivity index (χ3n) is 3.47. The molecule has 1 aromatic carbocycles. The molecule has 1 unspecified atom stereocenters. The van der Waals surface area contributed by atoms with Crippen molar-refractivity contribution in [2.45, 2.75) is 13.3 Å². The molecule has 2 aromatic rings. The van der Waals surface area contributed by atoms with Gasteiger partial charge in [-0.15, -0.1) is 0 Å². The van der Waals surface area contributed by atoms with Gasteiger partial charge in [0.15, 0.2) is 0 Å². The molecule has 18 heavy (non-hydrogen) atoms. The standard InChI is InChI=1S/C13H16N4O/c1-8-4-10-7-15-17-12(10)5-11(8)16-13(18)9-2-3-14-6-9/h4-5,7,9,14H,2-3,6H2,1H3,(H,15,17)(H,16,18). The van der Waals surface area contributed by atoms with Gasteiger partial charge in [0.25, 0.3) is 0 Å². The van der Waals surface area contributed by atoms with Crippen molar-refractivity contribution in [2.24, 2.45) is 5.92 Å². The van der Waals surface area contributed by atoms with Gasteiger partial charge in [0.05, 0.1) is 17.6 Å². The van der Waals surface area contributed by atoms with Crippen molar-refractivity contribution in [1.29, 1.82) is 0 Å². The van der Waals surface area contributed by atoms with Gasteiger partial charge in [0.1, 0.15) is 0 Å². The summed E-state index contributed by atoms with van der Waals surface area (Å²) in [6.07, 6.45) is 2.70. The number of carbonyl (C=O) groups is 1. The highest BCUT2D eigenvalue weighted by Gasteiger charge is 2.22. The van der Waals surface area contributed by atoms with E-state index < -0.39 is 0 Å². The number of nitrogens with zero attached hydrogens (tertiary/aromatic N) is 1. The van der Waals surface area contributed by atoms with Crippen LogP contribution in [-0.2, 0) is 4.79 Å². The van der Waals surface area contributed by atoms with E-state index in [1.807, 2.05) is 19.1 Å². The van der Waals surface area contributed by atoms with Crippen molar-refractivity contribution in [3.63, 3.8) is 0 Å². The van der Waals surface area contributed by atoms with Crippen LogP contribution in [-0.4, -0.2) is 29.2 Å². The van der Waals surface area contributed by atoms with E-state index in [4.69, 9.17) is 0 Å². The van der Waals surface area contributed by atoms with Gasteiger partial charge in [0.2, 0.25) is 5.91 Å². The number of aromatic nitrogens is 2. The fraction of sp³-hybridized carbons (Fsp3) is 0.385. The van der Waals surface area contributed by atoms with Gasteiger partial charge in [-0.1, -0.05) is 0 Å². The molecule has 5 heteroatoms. The number of carbonyl (C=O) groups excluding carboxylic acids is 1. The van der Waals surface area contributed by atoms with Crippen molar-refractivity contribution < 1.29 is 4.79 Å². The molecule has 2 heterocycles. The molecular formula is C13H16N4O. The van der Waals surface area contributed by atoms with E-state index in [9.17, 15) is 4.79 Å². The van der Waals surface area contributed by atoms with Gasteiger partial charge in [-0.05, 0) is 37.6 Å². The van der Waals surface area contributed by atoms with Crippen LogP contribution in [0, 0.1) is 12.8 Å². The molecule has 0 spiro atoms. The van der Waals surface area contributed by atoms with E-state index in [1.54, 1.807) is 6.20 Å². The first kappa shape index (κ1) is 11.2. The average Bonchev–Trinajstić information content (AvgIpc) is 2.98. The van der Waals surface area contributed by atoms with Crippen molar-refractivity contribution in [1.82, 2.24) is 15.5 Å². The van der Waals surface area contributed by atoms with E-state index in [2.05, 4.69) is 20.8 Å². The normalized spacial score (nSPS) is 19.3. The lowest BCUT2D eigenvalue weighted by atomic mass is 10.1. The van der Waals surface area contributed by atoms with Crippen LogP contribution in [0.4, 0.5) is 5.69 Å². The van der Waals surface area contributed by atoms with Crippen LogP contribution >= 0.6 is 0 Å².